The normalized spacial score (nSPS) is 11.8. The van der Waals surface area contributed by atoms with Gasteiger partial charge in [0, 0.05) is 6.07 Å². The Hall–Kier alpha value is -2.96. The number of fused-ring (bicyclic) bond motifs is 3. The lowest BCUT2D eigenvalue weighted by Gasteiger charge is -2.10. The maximum absolute atomic E-state index is 13.4. The molecule has 0 saturated heterocycles. The van der Waals surface area contributed by atoms with E-state index in [0.29, 0.717) is 4.40 Å². The number of hydrogen-bond donors (Lipinski definition) is 0. The molecule has 0 aliphatic carbocycles. The Bertz CT molecular complexity index is 928. The highest BCUT2D eigenvalue weighted by atomic mass is 19.4. The van der Waals surface area contributed by atoms with Gasteiger partial charge in [-0.15, -0.1) is 10.2 Å². The first-order valence-electron chi connectivity index (χ1n) is 6.33. The molecule has 0 amide bonds. The van der Waals surface area contributed by atoms with E-state index < -0.39 is 17.8 Å². The molecule has 10 heteroatoms. The van der Waals surface area contributed by atoms with E-state index in [1.165, 1.54) is 6.07 Å². The number of aromatic nitrogens is 4. The van der Waals surface area contributed by atoms with Gasteiger partial charge in [-0.1, -0.05) is 0 Å². The quantitative estimate of drug-likeness (QED) is 0.547. The first kappa shape index (κ1) is 15.0. The minimum absolute atomic E-state index is 0.0234. The number of nitrogens with zero attached hydrogens (tertiary/aromatic N) is 5. The Kier molecular flexibility index (Phi) is 3.48. The van der Waals surface area contributed by atoms with Crippen LogP contribution in [0, 0.1) is 17.1 Å². The van der Waals surface area contributed by atoms with Crippen molar-refractivity contribution in [1.82, 2.24) is 19.6 Å². The Balaban J connectivity index is 2.31. The third kappa shape index (κ3) is 2.61. The summed E-state index contributed by atoms with van der Waals surface area (Å²) in [7, 11) is 0. The van der Waals surface area contributed by atoms with Gasteiger partial charge in [0.05, 0.1) is 23.5 Å². The van der Waals surface area contributed by atoms with Crippen LogP contribution in [0.15, 0.2) is 18.2 Å². The predicted molar refractivity (Wildman–Crippen MR) is 69.0 cm³/mol. The van der Waals surface area contributed by atoms with Gasteiger partial charge in [0.2, 0.25) is 11.5 Å². The van der Waals surface area contributed by atoms with Crippen molar-refractivity contribution in [3.8, 4) is 11.9 Å². The van der Waals surface area contributed by atoms with Crippen LogP contribution in [0.1, 0.15) is 12.2 Å². The molecule has 0 unspecified atom stereocenters. The van der Waals surface area contributed by atoms with E-state index in [2.05, 4.69) is 15.2 Å². The highest BCUT2D eigenvalue weighted by Gasteiger charge is 2.38. The summed E-state index contributed by atoms with van der Waals surface area (Å²) in [5.74, 6) is -2.24. The number of nitriles is 1. The number of benzene rings is 1. The molecule has 0 bridgehead atoms. The van der Waals surface area contributed by atoms with Gasteiger partial charge in [-0.25, -0.2) is 9.37 Å². The number of rotatable bonds is 3. The molecule has 0 aliphatic rings. The summed E-state index contributed by atoms with van der Waals surface area (Å²) in [4.78, 5) is 4.02. The van der Waals surface area contributed by atoms with Crippen molar-refractivity contribution in [2.24, 2.45) is 0 Å². The van der Waals surface area contributed by atoms with Gasteiger partial charge in [-0.05, 0) is 12.1 Å². The van der Waals surface area contributed by atoms with Crippen LogP contribution in [0.25, 0.3) is 16.7 Å². The maximum atomic E-state index is 13.4. The lowest BCUT2D eigenvalue weighted by atomic mass is 10.3. The number of hydrogen-bond acceptors (Lipinski definition) is 5. The highest BCUT2D eigenvalue weighted by molar-refractivity contribution is 5.79. The second-order valence-electron chi connectivity index (χ2n) is 4.49. The second-order valence-corrected chi connectivity index (χ2v) is 4.49. The molecule has 118 valence electrons. The van der Waals surface area contributed by atoms with Crippen molar-refractivity contribution in [3.63, 3.8) is 0 Å². The molecule has 0 radical (unpaired) electrons. The largest absolute Gasteiger partial charge is 0.474 e. The van der Waals surface area contributed by atoms with E-state index in [1.54, 1.807) is 0 Å². The third-order valence-corrected chi connectivity index (χ3v) is 2.96. The summed E-state index contributed by atoms with van der Waals surface area (Å²) < 4.78 is 58.6. The lowest BCUT2D eigenvalue weighted by molar-refractivity contribution is -0.145. The summed E-state index contributed by atoms with van der Waals surface area (Å²) in [5, 5.41) is 15.1. The van der Waals surface area contributed by atoms with Crippen molar-refractivity contribution >= 4 is 16.7 Å². The number of alkyl halides is 3. The van der Waals surface area contributed by atoms with Crippen molar-refractivity contribution in [2.45, 2.75) is 12.6 Å². The highest BCUT2D eigenvalue weighted by Crippen LogP contribution is 2.32. The molecule has 0 spiro atoms. The third-order valence-electron chi connectivity index (χ3n) is 2.96. The van der Waals surface area contributed by atoms with Gasteiger partial charge in [-0.3, -0.25) is 4.40 Å². The van der Waals surface area contributed by atoms with E-state index in [4.69, 9.17) is 10.00 Å². The predicted octanol–water partition coefficient (Wildman–Crippen LogP) is 2.73. The van der Waals surface area contributed by atoms with Gasteiger partial charge >= 0.3 is 6.18 Å². The Morgan fingerprint density at radius 1 is 1.26 bits per heavy atom. The molecule has 0 aliphatic heterocycles. The maximum Gasteiger partial charge on any atom is 0.452 e. The van der Waals surface area contributed by atoms with Crippen LogP contribution < -0.4 is 4.74 Å². The first-order chi connectivity index (χ1) is 10.9. The fourth-order valence-electron chi connectivity index (χ4n) is 2.05. The smallest absolute Gasteiger partial charge is 0.452 e. The summed E-state index contributed by atoms with van der Waals surface area (Å²) in [6.45, 7) is -0.0694. The number of ether oxygens (including phenoxy) is 1. The van der Waals surface area contributed by atoms with Crippen LogP contribution in [0.5, 0.6) is 5.88 Å². The molecule has 2 aromatic heterocycles. The van der Waals surface area contributed by atoms with Crippen LogP contribution in [0.2, 0.25) is 0 Å². The summed E-state index contributed by atoms with van der Waals surface area (Å²) in [5.41, 5.74) is -0.352. The van der Waals surface area contributed by atoms with E-state index in [1.807, 2.05) is 6.07 Å². The molecule has 3 rings (SSSR count). The minimum atomic E-state index is -4.79. The summed E-state index contributed by atoms with van der Waals surface area (Å²) in [6.07, 6.45) is -4.76. The summed E-state index contributed by atoms with van der Waals surface area (Å²) in [6, 6.07) is 5.04. The average Bonchev–Trinajstić information content (AvgIpc) is 2.93. The molecule has 2 heterocycles. The standard InChI is InChI=1S/C13H7F4N5O/c14-7-2-3-8-9(6-7)22-10(11(19-8)23-5-1-4-18)20-21-12(22)13(15,16)17/h2-3,6H,1,5H2. The Labute approximate surface area is 125 Å². The molecular weight excluding hydrogens is 318 g/mol. The van der Waals surface area contributed by atoms with Crippen molar-refractivity contribution in [3.05, 3.63) is 29.8 Å². The molecule has 23 heavy (non-hydrogen) atoms. The zero-order valence-corrected chi connectivity index (χ0v) is 11.3. The van der Waals surface area contributed by atoms with Gasteiger partial charge in [0.25, 0.3) is 5.88 Å². The molecule has 3 aromatic rings. The second kappa shape index (κ2) is 5.35. The fourth-order valence-corrected chi connectivity index (χ4v) is 2.05. The topological polar surface area (TPSA) is 76.1 Å². The molecule has 0 fully saturated rings. The summed E-state index contributed by atoms with van der Waals surface area (Å²) >= 11 is 0. The van der Waals surface area contributed by atoms with E-state index in [0.717, 1.165) is 12.1 Å². The van der Waals surface area contributed by atoms with Gasteiger partial charge < -0.3 is 4.74 Å². The van der Waals surface area contributed by atoms with Crippen molar-refractivity contribution in [2.75, 3.05) is 6.61 Å². The van der Waals surface area contributed by atoms with Crippen LogP contribution in [-0.2, 0) is 6.18 Å². The Morgan fingerprint density at radius 3 is 2.74 bits per heavy atom. The number of halogens is 4. The molecular formula is C13H7F4N5O. The minimum Gasteiger partial charge on any atom is -0.474 e. The molecule has 1 aromatic carbocycles. The monoisotopic (exact) mass is 325 g/mol. The van der Waals surface area contributed by atoms with Crippen molar-refractivity contribution < 1.29 is 22.3 Å². The van der Waals surface area contributed by atoms with Crippen molar-refractivity contribution in [1.29, 1.82) is 5.26 Å². The molecule has 0 N–H and O–H groups in total. The fraction of sp³-hybridized carbons (Fsp3) is 0.231. The van der Waals surface area contributed by atoms with Crippen LogP contribution >= 0.6 is 0 Å². The van der Waals surface area contributed by atoms with E-state index in [9.17, 15) is 17.6 Å². The SMILES string of the molecule is N#CCCOc1nc2ccc(F)cc2n2c(C(F)(F)F)nnc12. The van der Waals surface area contributed by atoms with E-state index >= 15 is 0 Å². The molecule has 6 nitrogen and oxygen atoms in total. The van der Waals surface area contributed by atoms with Gasteiger partial charge in [0.1, 0.15) is 12.4 Å². The molecule has 0 saturated carbocycles. The van der Waals surface area contributed by atoms with Crippen LogP contribution in [0.4, 0.5) is 17.6 Å². The lowest BCUT2D eigenvalue weighted by Crippen LogP contribution is -2.12. The van der Waals surface area contributed by atoms with Gasteiger partial charge in [-0.2, -0.15) is 18.4 Å². The van der Waals surface area contributed by atoms with Crippen LogP contribution in [0.3, 0.4) is 0 Å². The zero-order valence-electron chi connectivity index (χ0n) is 11.3. The zero-order chi connectivity index (χ0) is 16.6. The van der Waals surface area contributed by atoms with Crippen LogP contribution in [-0.4, -0.2) is 26.2 Å². The first-order valence-corrected chi connectivity index (χ1v) is 6.33. The average molecular weight is 325 g/mol. The Morgan fingerprint density at radius 2 is 2.04 bits per heavy atom. The van der Waals surface area contributed by atoms with E-state index in [-0.39, 0.29) is 35.6 Å². The molecule has 0 atom stereocenters. The van der Waals surface area contributed by atoms with Gasteiger partial charge in [0.15, 0.2) is 0 Å².